The molecule has 0 spiro atoms. The Morgan fingerprint density at radius 3 is 2.40 bits per heavy atom. The van der Waals surface area contributed by atoms with Crippen LogP contribution in [-0.4, -0.2) is 46.5 Å². The van der Waals surface area contributed by atoms with Crippen molar-refractivity contribution in [3.05, 3.63) is 0 Å². The minimum atomic E-state index is -4.04. The van der Waals surface area contributed by atoms with Gasteiger partial charge in [0.25, 0.3) is 0 Å². The van der Waals surface area contributed by atoms with Crippen molar-refractivity contribution >= 4 is 13.5 Å². The summed E-state index contributed by atoms with van der Waals surface area (Å²) in [7, 11) is -4.04. The topological polar surface area (TPSA) is 89.9 Å². The van der Waals surface area contributed by atoms with E-state index in [1.54, 1.807) is 4.90 Å². The van der Waals surface area contributed by atoms with Crippen LogP contribution in [0.3, 0.4) is 0 Å². The molecule has 6 nitrogen and oxygen atoms in total. The molecule has 88 valence electrons. The standard InChI is InChI=1S/C8H17N2O4P/c11-8(6-9-7-15(12,13)14)10-4-2-1-3-5-10/h9H,1-7H2,(H2,12,13,14). The van der Waals surface area contributed by atoms with Crippen molar-refractivity contribution < 1.29 is 19.1 Å². The second-order valence-electron chi connectivity index (χ2n) is 3.69. The molecule has 0 bridgehead atoms. The first-order valence-electron chi connectivity index (χ1n) is 5.02. The van der Waals surface area contributed by atoms with E-state index < -0.39 is 13.9 Å². The lowest BCUT2D eigenvalue weighted by Gasteiger charge is -2.26. The largest absolute Gasteiger partial charge is 0.342 e. The number of hydrogen-bond acceptors (Lipinski definition) is 3. The van der Waals surface area contributed by atoms with Gasteiger partial charge < -0.3 is 14.7 Å². The Balaban J connectivity index is 2.20. The average Bonchev–Trinajstić information content (AvgIpc) is 2.17. The van der Waals surface area contributed by atoms with Gasteiger partial charge >= 0.3 is 7.60 Å². The molecule has 0 radical (unpaired) electrons. The SMILES string of the molecule is O=C(CNCP(=O)(O)O)N1CCCCC1. The van der Waals surface area contributed by atoms with Gasteiger partial charge in [0.05, 0.1) is 12.8 Å². The molecule has 7 heteroatoms. The first-order valence-corrected chi connectivity index (χ1v) is 6.82. The van der Waals surface area contributed by atoms with Crippen LogP contribution < -0.4 is 5.32 Å². The van der Waals surface area contributed by atoms with Gasteiger partial charge in [0, 0.05) is 13.1 Å². The zero-order chi connectivity index (χ0) is 11.3. The fourth-order valence-corrected chi connectivity index (χ4v) is 1.97. The van der Waals surface area contributed by atoms with Gasteiger partial charge in [0.1, 0.15) is 0 Å². The lowest BCUT2D eigenvalue weighted by Crippen LogP contribution is -2.41. The van der Waals surface area contributed by atoms with E-state index in [1.165, 1.54) is 0 Å². The minimum absolute atomic E-state index is 0.00507. The molecule has 0 saturated carbocycles. The second-order valence-corrected chi connectivity index (χ2v) is 5.34. The molecule has 1 rings (SSSR count). The quantitative estimate of drug-likeness (QED) is 0.584. The molecule has 3 N–H and O–H groups in total. The maximum atomic E-state index is 11.5. The summed E-state index contributed by atoms with van der Waals surface area (Å²) in [5, 5.41) is 2.47. The Morgan fingerprint density at radius 1 is 1.27 bits per heavy atom. The van der Waals surface area contributed by atoms with E-state index in [-0.39, 0.29) is 12.5 Å². The highest BCUT2D eigenvalue weighted by molar-refractivity contribution is 7.51. The molecule has 1 fully saturated rings. The lowest BCUT2D eigenvalue weighted by atomic mass is 10.1. The van der Waals surface area contributed by atoms with Gasteiger partial charge in [0.2, 0.25) is 5.91 Å². The fraction of sp³-hybridized carbons (Fsp3) is 0.875. The van der Waals surface area contributed by atoms with Crippen molar-refractivity contribution in [2.24, 2.45) is 0 Å². The van der Waals surface area contributed by atoms with Crippen molar-refractivity contribution in [1.29, 1.82) is 0 Å². The molecule has 0 aromatic rings. The van der Waals surface area contributed by atoms with Gasteiger partial charge in [-0.2, -0.15) is 0 Å². The predicted molar refractivity (Wildman–Crippen MR) is 55.3 cm³/mol. The third-order valence-electron chi connectivity index (χ3n) is 2.30. The summed E-state index contributed by atoms with van der Waals surface area (Å²) in [5.74, 6) is -0.0804. The van der Waals surface area contributed by atoms with Crippen LogP contribution in [0.2, 0.25) is 0 Å². The van der Waals surface area contributed by atoms with E-state index in [0.717, 1.165) is 32.4 Å². The number of likely N-dealkylation sites (tertiary alicyclic amines) is 1. The van der Waals surface area contributed by atoms with Crippen LogP contribution in [0.15, 0.2) is 0 Å². The number of hydrogen-bond donors (Lipinski definition) is 3. The van der Waals surface area contributed by atoms with Gasteiger partial charge in [-0.1, -0.05) is 0 Å². The van der Waals surface area contributed by atoms with Crippen molar-refractivity contribution in [2.75, 3.05) is 25.9 Å². The molecule has 1 aliphatic rings. The summed E-state index contributed by atoms with van der Waals surface area (Å²) >= 11 is 0. The Kier molecular flexibility index (Phi) is 4.73. The number of nitrogens with zero attached hydrogens (tertiary/aromatic N) is 1. The van der Waals surface area contributed by atoms with Gasteiger partial charge in [-0.3, -0.25) is 14.7 Å². The number of piperidine rings is 1. The van der Waals surface area contributed by atoms with E-state index in [0.29, 0.717) is 0 Å². The predicted octanol–water partition coefficient (Wildman–Crippen LogP) is -0.276. The van der Waals surface area contributed by atoms with Crippen LogP contribution in [0.5, 0.6) is 0 Å². The van der Waals surface area contributed by atoms with Crippen LogP contribution in [-0.2, 0) is 9.36 Å². The van der Waals surface area contributed by atoms with Crippen molar-refractivity contribution in [2.45, 2.75) is 19.3 Å². The number of carbonyl (C=O) groups is 1. The summed E-state index contributed by atoms with van der Waals surface area (Å²) in [6.45, 7) is 1.53. The zero-order valence-corrected chi connectivity index (χ0v) is 9.45. The van der Waals surface area contributed by atoms with Gasteiger partial charge in [-0.25, -0.2) is 0 Å². The van der Waals surface area contributed by atoms with Crippen LogP contribution >= 0.6 is 7.60 Å². The molecule has 0 unspecified atom stereocenters. The van der Waals surface area contributed by atoms with E-state index >= 15 is 0 Å². The summed E-state index contributed by atoms with van der Waals surface area (Å²) in [5.41, 5.74) is 0. The first kappa shape index (κ1) is 12.6. The minimum Gasteiger partial charge on any atom is -0.342 e. The molecule has 1 saturated heterocycles. The highest BCUT2D eigenvalue weighted by atomic mass is 31.2. The lowest BCUT2D eigenvalue weighted by molar-refractivity contribution is -0.131. The molecule has 0 aliphatic carbocycles. The highest BCUT2D eigenvalue weighted by Gasteiger charge is 2.17. The molecular formula is C8H17N2O4P. The van der Waals surface area contributed by atoms with Crippen LogP contribution in [0.4, 0.5) is 0 Å². The maximum absolute atomic E-state index is 11.5. The maximum Gasteiger partial charge on any atom is 0.339 e. The Hall–Kier alpha value is -0.420. The Bertz CT molecular complexity index is 259. The van der Waals surface area contributed by atoms with E-state index in [4.69, 9.17) is 9.79 Å². The van der Waals surface area contributed by atoms with E-state index in [2.05, 4.69) is 5.32 Å². The summed E-state index contributed by atoms with van der Waals surface area (Å²) < 4.78 is 10.5. The van der Waals surface area contributed by atoms with Crippen LogP contribution in [0.25, 0.3) is 0 Å². The first-order chi connectivity index (χ1) is 6.99. The van der Waals surface area contributed by atoms with Crippen molar-refractivity contribution in [3.8, 4) is 0 Å². The third kappa shape index (κ3) is 5.28. The van der Waals surface area contributed by atoms with Crippen LogP contribution in [0.1, 0.15) is 19.3 Å². The molecule has 15 heavy (non-hydrogen) atoms. The smallest absolute Gasteiger partial charge is 0.339 e. The molecule has 0 atom stereocenters. The molecule has 0 aromatic carbocycles. The summed E-state index contributed by atoms with van der Waals surface area (Å²) in [6, 6.07) is 0. The Labute approximate surface area is 88.8 Å². The number of rotatable bonds is 4. The number of nitrogens with one attached hydrogen (secondary N) is 1. The fourth-order valence-electron chi connectivity index (χ4n) is 1.56. The third-order valence-corrected chi connectivity index (χ3v) is 2.94. The van der Waals surface area contributed by atoms with E-state index in [9.17, 15) is 9.36 Å². The number of amides is 1. The monoisotopic (exact) mass is 236 g/mol. The zero-order valence-electron chi connectivity index (χ0n) is 8.56. The van der Waals surface area contributed by atoms with Crippen molar-refractivity contribution in [1.82, 2.24) is 10.2 Å². The number of carbonyl (C=O) groups excluding carboxylic acids is 1. The molecule has 0 aromatic heterocycles. The van der Waals surface area contributed by atoms with E-state index in [1.807, 2.05) is 0 Å². The van der Waals surface area contributed by atoms with Crippen molar-refractivity contribution in [3.63, 3.8) is 0 Å². The molecule has 1 heterocycles. The molecule has 1 amide bonds. The van der Waals surface area contributed by atoms with Crippen LogP contribution in [0, 0.1) is 0 Å². The Morgan fingerprint density at radius 2 is 1.87 bits per heavy atom. The summed E-state index contributed by atoms with van der Waals surface area (Å²) in [4.78, 5) is 30.4. The van der Waals surface area contributed by atoms with Gasteiger partial charge in [-0.15, -0.1) is 0 Å². The second kappa shape index (κ2) is 5.61. The highest BCUT2D eigenvalue weighted by Crippen LogP contribution is 2.31. The summed E-state index contributed by atoms with van der Waals surface area (Å²) in [6.07, 6.45) is 2.75. The molecule has 1 aliphatic heterocycles. The normalized spacial score (nSPS) is 17.9. The molecular weight excluding hydrogens is 219 g/mol. The van der Waals surface area contributed by atoms with Gasteiger partial charge in [0.15, 0.2) is 0 Å². The van der Waals surface area contributed by atoms with Gasteiger partial charge in [-0.05, 0) is 19.3 Å². The average molecular weight is 236 g/mol.